The fraction of sp³-hybridized carbons (Fsp3) is 0.423. The predicted octanol–water partition coefficient (Wildman–Crippen LogP) is 6.57. The van der Waals surface area contributed by atoms with Gasteiger partial charge in [0.15, 0.2) is 0 Å². The highest BCUT2D eigenvalue weighted by Crippen LogP contribution is 2.44. The average molecular weight is 480 g/mol. The van der Waals surface area contributed by atoms with Gasteiger partial charge in [0.1, 0.15) is 28.6 Å². The van der Waals surface area contributed by atoms with E-state index in [1.165, 1.54) is 7.11 Å². The molecule has 0 spiro atoms. The molecule has 1 aliphatic rings. The normalized spacial score (nSPS) is 21.0. The molecule has 7 nitrogen and oxygen atoms in total. The van der Waals surface area contributed by atoms with Crippen LogP contribution in [0.25, 0.3) is 32.5 Å². The Hall–Kier alpha value is -3.13. The van der Waals surface area contributed by atoms with Crippen molar-refractivity contribution in [1.29, 1.82) is 0 Å². The predicted molar refractivity (Wildman–Crippen MR) is 133 cm³/mol. The summed E-state index contributed by atoms with van der Waals surface area (Å²) in [5.41, 5.74) is 1.33. The Morgan fingerprint density at radius 3 is 2.68 bits per heavy atom. The molecule has 5 rings (SSSR count). The van der Waals surface area contributed by atoms with Crippen molar-refractivity contribution in [1.82, 2.24) is 15.3 Å². The Morgan fingerprint density at radius 2 is 1.97 bits per heavy atom. The maximum absolute atomic E-state index is 12.1. The Morgan fingerprint density at radius 1 is 1.21 bits per heavy atom. The number of ether oxygens (including phenoxy) is 2. The van der Waals surface area contributed by atoms with Crippen molar-refractivity contribution in [2.75, 3.05) is 7.11 Å². The van der Waals surface area contributed by atoms with Crippen molar-refractivity contribution in [3.8, 4) is 17.2 Å². The van der Waals surface area contributed by atoms with Crippen LogP contribution < -0.4 is 10.1 Å². The average Bonchev–Trinajstić information content (AvgIpc) is 3.44. The van der Waals surface area contributed by atoms with E-state index in [-0.39, 0.29) is 23.2 Å². The number of hydrogen-bond donors (Lipinski definition) is 1. The fourth-order valence-corrected chi connectivity index (χ4v) is 5.79. The van der Waals surface area contributed by atoms with Crippen LogP contribution in [0.4, 0.5) is 4.79 Å². The number of aromatic nitrogens is 2. The van der Waals surface area contributed by atoms with E-state index >= 15 is 0 Å². The number of hydrogen-bond acceptors (Lipinski definition) is 7. The van der Waals surface area contributed by atoms with E-state index in [2.05, 4.69) is 41.4 Å². The number of nitrogens with one attached hydrogen (secondary N) is 1. The summed E-state index contributed by atoms with van der Waals surface area (Å²) in [5.74, 6) is 1.36. The third kappa shape index (κ3) is 4.00. The van der Waals surface area contributed by atoms with Gasteiger partial charge in [-0.25, -0.2) is 14.8 Å². The third-order valence-electron chi connectivity index (χ3n) is 7.05. The maximum Gasteiger partial charge on any atom is 0.407 e. The lowest BCUT2D eigenvalue weighted by Gasteiger charge is -2.49. The van der Waals surface area contributed by atoms with Gasteiger partial charge < -0.3 is 19.2 Å². The first kappa shape index (κ1) is 22.7. The lowest BCUT2D eigenvalue weighted by Crippen LogP contribution is -2.59. The molecule has 1 amide bonds. The lowest BCUT2D eigenvalue weighted by molar-refractivity contribution is 0.0351. The summed E-state index contributed by atoms with van der Waals surface area (Å²) < 4.78 is 17.5. The number of carbonyl (C=O) groups is 1. The van der Waals surface area contributed by atoms with E-state index in [1.54, 1.807) is 17.7 Å². The van der Waals surface area contributed by atoms with Gasteiger partial charge in [-0.15, -0.1) is 11.3 Å². The Bertz CT molecular complexity index is 1300. The van der Waals surface area contributed by atoms with Gasteiger partial charge in [-0.05, 0) is 43.2 Å². The molecule has 1 aromatic carbocycles. The van der Waals surface area contributed by atoms with Crippen LogP contribution in [0, 0.1) is 5.41 Å². The van der Waals surface area contributed by atoms with Gasteiger partial charge in [-0.1, -0.05) is 39.0 Å². The van der Waals surface area contributed by atoms with Gasteiger partial charge in [0, 0.05) is 21.9 Å². The van der Waals surface area contributed by atoms with Crippen LogP contribution in [0.3, 0.4) is 0 Å². The van der Waals surface area contributed by atoms with E-state index < -0.39 is 0 Å². The van der Waals surface area contributed by atoms with E-state index in [9.17, 15) is 4.79 Å². The lowest BCUT2D eigenvalue weighted by atomic mass is 9.65. The SMILES string of the molecule is COC(=O)NC1(C(C)(C)C)CCC(Oc2ncnc3scc(-c4cc5ccccc5o4)c23)CC1. The van der Waals surface area contributed by atoms with Crippen LogP contribution in [0.2, 0.25) is 0 Å². The smallest absolute Gasteiger partial charge is 0.407 e. The topological polar surface area (TPSA) is 86.5 Å². The quantitative estimate of drug-likeness (QED) is 0.356. The summed E-state index contributed by atoms with van der Waals surface area (Å²) in [7, 11) is 1.40. The van der Waals surface area contributed by atoms with Gasteiger partial charge in [0.2, 0.25) is 5.88 Å². The highest BCUT2D eigenvalue weighted by atomic mass is 32.1. The maximum atomic E-state index is 12.1. The van der Waals surface area contributed by atoms with Crippen LogP contribution in [-0.2, 0) is 4.74 Å². The first-order valence-electron chi connectivity index (χ1n) is 11.5. The number of carbonyl (C=O) groups excluding carboxylic acids is 1. The molecule has 34 heavy (non-hydrogen) atoms. The molecule has 0 saturated heterocycles. The molecule has 0 aliphatic heterocycles. The van der Waals surface area contributed by atoms with Crippen LogP contribution >= 0.6 is 11.3 Å². The number of alkyl carbamates (subject to hydrolysis) is 1. The number of para-hydroxylation sites is 1. The van der Waals surface area contributed by atoms with E-state index in [1.807, 2.05) is 30.3 Å². The molecule has 3 aromatic heterocycles. The number of rotatable bonds is 4. The molecule has 1 N–H and O–H groups in total. The zero-order valence-corrected chi connectivity index (χ0v) is 20.7. The van der Waals surface area contributed by atoms with E-state index in [4.69, 9.17) is 13.9 Å². The van der Waals surface area contributed by atoms with Gasteiger partial charge in [-0.2, -0.15) is 0 Å². The summed E-state index contributed by atoms with van der Waals surface area (Å²) in [6.07, 6.45) is 4.36. The minimum absolute atomic E-state index is 0.00329. The molecule has 1 fully saturated rings. The second-order valence-electron chi connectivity index (χ2n) is 9.92. The summed E-state index contributed by atoms with van der Waals surface area (Å²) in [6.45, 7) is 6.47. The number of furan rings is 1. The van der Waals surface area contributed by atoms with Gasteiger partial charge in [0.05, 0.1) is 12.5 Å². The van der Waals surface area contributed by atoms with Crippen molar-refractivity contribution >= 4 is 38.6 Å². The molecule has 0 atom stereocenters. The van der Waals surface area contributed by atoms with Crippen LogP contribution in [-0.4, -0.2) is 34.8 Å². The minimum Gasteiger partial charge on any atom is -0.474 e. The van der Waals surface area contributed by atoms with E-state index in [0.29, 0.717) is 5.88 Å². The number of thiophene rings is 1. The number of methoxy groups -OCH3 is 1. The van der Waals surface area contributed by atoms with Crippen LogP contribution in [0.15, 0.2) is 46.5 Å². The molecular weight excluding hydrogens is 450 g/mol. The molecule has 0 unspecified atom stereocenters. The van der Waals surface area contributed by atoms with Crippen molar-refractivity contribution in [3.05, 3.63) is 42.0 Å². The standard InChI is InChI=1S/C26H29N3O4S/c1-25(2,3)26(29-24(30)31-4)11-9-17(10-12-26)32-22-21-18(14-34-23(21)28-15-27-22)20-13-16-7-5-6-8-19(16)33-20/h5-8,13-15,17H,9-12H2,1-4H3,(H,29,30). The molecular formula is C26H29N3O4S. The molecule has 0 bridgehead atoms. The summed E-state index contributed by atoms with van der Waals surface area (Å²) >= 11 is 1.55. The van der Waals surface area contributed by atoms with Gasteiger partial charge in [-0.3, -0.25) is 0 Å². The first-order chi connectivity index (χ1) is 16.3. The van der Waals surface area contributed by atoms with Crippen molar-refractivity contribution < 1.29 is 18.7 Å². The second kappa shape index (κ2) is 8.58. The number of fused-ring (bicyclic) bond motifs is 2. The van der Waals surface area contributed by atoms with Crippen molar-refractivity contribution in [3.63, 3.8) is 0 Å². The van der Waals surface area contributed by atoms with Gasteiger partial charge >= 0.3 is 6.09 Å². The van der Waals surface area contributed by atoms with E-state index in [0.717, 1.165) is 58.2 Å². The fourth-order valence-electron chi connectivity index (χ4n) is 4.90. The molecule has 4 aromatic rings. The van der Waals surface area contributed by atoms with Crippen LogP contribution in [0.1, 0.15) is 46.5 Å². The van der Waals surface area contributed by atoms with Gasteiger partial charge in [0.25, 0.3) is 0 Å². The highest BCUT2D eigenvalue weighted by Gasteiger charge is 2.46. The van der Waals surface area contributed by atoms with Crippen molar-refractivity contribution in [2.24, 2.45) is 5.41 Å². The van der Waals surface area contributed by atoms with Crippen molar-refractivity contribution in [2.45, 2.75) is 58.1 Å². The monoisotopic (exact) mass is 479 g/mol. The summed E-state index contributed by atoms with van der Waals surface area (Å²) in [6, 6.07) is 10.0. The molecule has 1 aliphatic carbocycles. The largest absolute Gasteiger partial charge is 0.474 e. The van der Waals surface area contributed by atoms with Crippen LogP contribution in [0.5, 0.6) is 5.88 Å². The summed E-state index contributed by atoms with van der Waals surface area (Å²) in [4.78, 5) is 21.9. The molecule has 8 heteroatoms. The summed E-state index contributed by atoms with van der Waals surface area (Å²) in [5, 5.41) is 7.11. The third-order valence-corrected chi connectivity index (χ3v) is 7.94. The zero-order valence-electron chi connectivity index (χ0n) is 19.9. The Balaban J connectivity index is 1.41. The second-order valence-corrected chi connectivity index (χ2v) is 10.8. The highest BCUT2D eigenvalue weighted by molar-refractivity contribution is 7.17. The Labute approximate surface area is 202 Å². The molecule has 178 valence electrons. The number of benzene rings is 1. The molecule has 0 radical (unpaired) electrons. The number of nitrogens with zero attached hydrogens (tertiary/aromatic N) is 2. The number of amides is 1. The minimum atomic E-state index is -0.388. The first-order valence-corrected chi connectivity index (χ1v) is 12.4. The molecule has 3 heterocycles. The zero-order chi connectivity index (χ0) is 23.9. The molecule has 1 saturated carbocycles. The Kier molecular flexibility index (Phi) is 5.72.